The van der Waals surface area contributed by atoms with Crippen molar-refractivity contribution in [2.24, 2.45) is 5.92 Å². The summed E-state index contributed by atoms with van der Waals surface area (Å²) in [4.78, 5) is 79.7. The van der Waals surface area contributed by atoms with E-state index in [4.69, 9.17) is 4.98 Å². The van der Waals surface area contributed by atoms with Crippen LogP contribution in [-0.2, 0) is 15.2 Å². The molecule has 0 spiro atoms. The first kappa shape index (κ1) is 39.4. The molecule has 2 aromatic heterocycles. The number of thiazole rings is 1. The average molecular weight is 819 g/mol. The van der Waals surface area contributed by atoms with E-state index in [9.17, 15) is 29.1 Å². The highest BCUT2D eigenvalue weighted by atomic mass is 32.1. The fourth-order valence-corrected chi connectivity index (χ4v) is 11.0. The molecule has 308 valence electrons. The van der Waals surface area contributed by atoms with Crippen molar-refractivity contribution in [3.8, 4) is 0 Å². The van der Waals surface area contributed by atoms with Gasteiger partial charge >= 0.3 is 0 Å². The second kappa shape index (κ2) is 15.5. The summed E-state index contributed by atoms with van der Waals surface area (Å²) in [6.07, 6.45) is 5.87. The highest BCUT2D eigenvalue weighted by molar-refractivity contribution is 7.18. The van der Waals surface area contributed by atoms with Crippen LogP contribution in [0.1, 0.15) is 112 Å². The first-order valence-electron chi connectivity index (χ1n) is 20.8. The van der Waals surface area contributed by atoms with Gasteiger partial charge in [0.1, 0.15) is 11.7 Å². The van der Waals surface area contributed by atoms with Gasteiger partial charge in [-0.3, -0.25) is 44.0 Å². The van der Waals surface area contributed by atoms with Gasteiger partial charge in [-0.2, -0.15) is 0 Å². The van der Waals surface area contributed by atoms with Crippen molar-refractivity contribution in [1.82, 2.24) is 30.0 Å². The number of piperazine rings is 1. The standard InChI is InChI=1S/C44H50N8O6S/c1-24-6-4-9-32(46-24)39(54)47-33-20-36-34(19-30(33)44(2,3)58)48-41(59-36)26-12-10-25(11-13-26)21-51-23-27-18-28(51)22-50(27)17-16-45-31-8-5-7-29-38(31)43(57)52(42(29)56)35-14-15-37(53)49-40(35)55/h4-9,19-20,25-28,35,45,58H,10-18,21-23H2,1-3H3,(H,47,54)(H,49,53,55)/t25?,26?,27-,28-,35?/m1/s1. The SMILES string of the molecule is Cc1cccc(C(=O)Nc2cc3sc(C4CCC(CN5C[C@H]6C[C@@H]5CN6CCNc5cccc6c5C(=O)N(C5CCC(=O)NC5=O)C6=O)CC4)nc3cc2C(C)(C)O)n1. The van der Waals surface area contributed by atoms with Crippen molar-refractivity contribution < 1.29 is 29.1 Å². The number of amides is 5. The van der Waals surface area contributed by atoms with E-state index < -0.39 is 35.3 Å². The molecule has 1 saturated carbocycles. The molecule has 4 fully saturated rings. The van der Waals surface area contributed by atoms with Crippen LogP contribution < -0.4 is 16.0 Å². The topological polar surface area (TPSA) is 177 Å². The minimum atomic E-state index is -1.18. The molecule has 4 aromatic rings. The molecule has 1 unspecified atom stereocenters. The fraction of sp³-hybridized carbons (Fsp3) is 0.477. The van der Waals surface area contributed by atoms with E-state index in [2.05, 4.69) is 30.7 Å². The first-order valence-corrected chi connectivity index (χ1v) is 21.6. The number of fused-ring (bicyclic) bond motifs is 4. The molecule has 2 aromatic carbocycles. The predicted molar refractivity (Wildman–Crippen MR) is 223 cm³/mol. The number of rotatable bonds is 11. The van der Waals surface area contributed by atoms with Crippen LogP contribution in [0.3, 0.4) is 0 Å². The predicted octanol–water partition coefficient (Wildman–Crippen LogP) is 5.03. The van der Waals surface area contributed by atoms with Crippen LogP contribution in [0, 0.1) is 12.8 Å². The minimum absolute atomic E-state index is 0.0870. The maximum Gasteiger partial charge on any atom is 0.274 e. The lowest BCUT2D eigenvalue weighted by Gasteiger charge is -2.37. The van der Waals surface area contributed by atoms with Crippen molar-refractivity contribution >= 4 is 62.5 Å². The number of likely N-dealkylation sites (tertiary alicyclic amines) is 2. The number of pyridine rings is 1. The number of carbonyl (C=O) groups excluding carboxylic acids is 5. The maximum absolute atomic E-state index is 13.5. The Balaban J connectivity index is 0.764. The van der Waals surface area contributed by atoms with Gasteiger partial charge in [0.2, 0.25) is 11.8 Å². The number of nitrogens with zero attached hydrogens (tertiary/aromatic N) is 5. The lowest BCUT2D eigenvalue weighted by atomic mass is 9.82. The second-order valence-corrected chi connectivity index (χ2v) is 18.5. The summed E-state index contributed by atoms with van der Waals surface area (Å²) in [7, 11) is 0. The van der Waals surface area contributed by atoms with Crippen molar-refractivity contribution in [3.05, 3.63) is 81.6 Å². The molecule has 1 aliphatic carbocycles. The van der Waals surface area contributed by atoms with E-state index in [1.54, 1.807) is 49.4 Å². The summed E-state index contributed by atoms with van der Waals surface area (Å²) in [5.41, 5.74) is 3.11. The Kier molecular flexibility index (Phi) is 10.3. The van der Waals surface area contributed by atoms with Crippen LogP contribution in [0.5, 0.6) is 0 Å². The Morgan fingerprint density at radius 2 is 1.69 bits per heavy atom. The molecule has 6 heterocycles. The van der Waals surface area contributed by atoms with E-state index >= 15 is 0 Å². The summed E-state index contributed by atoms with van der Waals surface area (Å²) in [5.74, 6) is -1.28. The molecule has 9 rings (SSSR count). The number of aliphatic hydroxyl groups is 1. The number of benzene rings is 2. The average Bonchev–Trinajstić information content (AvgIpc) is 3.97. The third-order valence-electron chi connectivity index (χ3n) is 12.9. The normalized spacial score (nSPS) is 24.9. The Hall–Kier alpha value is -5.09. The molecular formula is C44H50N8O6S. The summed E-state index contributed by atoms with van der Waals surface area (Å²) in [6.45, 7) is 9.91. The van der Waals surface area contributed by atoms with E-state index in [0.717, 1.165) is 84.1 Å². The van der Waals surface area contributed by atoms with E-state index in [1.807, 2.05) is 31.2 Å². The van der Waals surface area contributed by atoms with Crippen molar-refractivity contribution in [2.45, 2.75) is 95.4 Å². The minimum Gasteiger partial charge on any atom is -0.386 e. The third-order valence-corrected chi connectivity index (χ3v) is 14.1. The van der Waals surface area contributed by atoms with E-state index in [1.165, 1.54) is 0 Å². The highest BCUT2D eigenvalue weighted by Crippen LogP contribution is 2.42. The molecule has 3 saturated heterocycles. The smallest absolute Gasteiger partial charge is 0.274 e. The number of hydrogen-bond acceptors (Lipinski definition) is 12. The molecule has 59 heavy (non-hydrogen) atoms. The van der Waals surface area contributed by atoms with Gasteiger partial charge in [0, 0.05) is 79.8 Å². The van der Waals surface area contributed by atoms with Gasteiger partial charge in [-0.05, 0) is 102 Å². The summed E-state index contributed by atoms with van der Waals surface area (Å²) < 4.78 is 0.989. The summed E-state index contributed by atoms with van der Waals surface area (Å²) >= 11 is 1.68. The number of anilines is 2. The lowest BCUT2D eigenvalue weighted by molar-refractivity contribution is -0.136. The summed E-state index contributed by atoms with van der Waals surface area (Å²) in [5, 5.41) is 20.8. The van der Waals surface area contributed by atoms with Gasteiger partial charge in [0.05, 0.1) is 32.0 Å². The van der Waals surface area contributed by atoms with Crippen molar-refractivity contribution in [3.63, 3.8) is 0 Å². The second-order valence-electron chi connectivity index (χ2n) is 17.4. The van der Waals surface area contributed by atoms with Gasteiger partial charge in [-0.1, -0.05) is 12.1 Å². The quantitative estimate of drug-likeness (QED) is 0.150. The van der Waals surface area contributed by atoms with Crippen LogP contribution in [0.2, 0.25) is 0 Å². The monoisotopic (exact) mass is 818 g/mol. The van der Waals surface area contributed by atoms with Crippen molar-refractivity contribution in [2.75, 3.05) is 43.4 Å². The Morgan fingerprint density at radius 3 is 2.42 bits per heavy atom. The van der Waals surface area contributed by atoms with Crippen molar-refractivity contribution in [1.29, 1.82) is 0 Å². The van der Waals surface area contributed by atoms with E-state index in [0.29, 0.717) is 58.7 Å². The van der Waals surface area contributed by atoms with Gasteiger partial charge in [-0.15, -0.1) is 11.3 Å². The molecule has 5 amide bonds. The molecule has 14 nitrogen and oxygen atoms in total. The molecule has 4 N–H and O–H groups in total. The molecule has 3 atom stereocenters. The van der Waals surface area contributed by atoms with Gasteiger partial charge in [0.15, 0.2) is 0 Å². The van der Waals surface area contributed by atoms with Crippen LogP contribution in [0.25, 0.3) is 10.2 Å². The Bertz CT molecular complexity index is 2370. The molecule has 15 heteroatoms. The third kappa shape index (κ3) is 7.65. The van der Waals surface area contributed by atoms with E-state index in [-0.39, 0.29) is 24.3 Å². The van der Waals surface area contributed by atoms with Crippen LogP contribution in [0.15, 0.2) is 48.5 Å². The zero-order chi connectivity index (χ0) is 41.2. The summed E-state index contributed by atoms with van der Waals surface area (Å²) in [6, 6.07) is 14.4. The maximum atomic E-state index is 13.5. The molecule has 4 aliphatic heterocycles. The largest absolute Gasteiger partial charge is 0.386 e. The van der Waals surface area contributed by atoms with Gasteiger partial charge in [0.25, 0.3) is 17.7 Å². The zero-order valence-corrected chi connectivity index (χ0v) is 34.4. The molecular weight excluding hydrogens is 769 g/mol. The Morgan fingerprint density at radius 1 is 0.932 bits per heavy atom. The number of carbonyl (C=O) groups is 5. The van der Waals surface area contributed by atoms with Gasteiger partial charge in [-0.25, -0.2) is 9.97 Å². The molecule has 5 aliphatic rings. The first-order chi connectivity index (χ1) is 28.3. The van der Waals surface area contributed by atoms with Crippen LogP contribution in [0.4, 0.5) is 11.4 Å². The van der Waals surface area contributed by atoms with Crippen LogP contribution >= 0.6 is 11.3 Å². The number of nitrogens with one attached hydrogen (secondary N) is 3. The number of aryl methyl sites for hydroxylation is 1. The highest BCUT2D eigenvalue weighted by Gasteiger charge is 2.46. The number of hydrogen-bond donors (Lipinski definition) is 4. The lowest BCUT2D eigenvalue weighted by Crippen LogP contribution is -2.54. The fourth-order valence-electron chi connectivity index (χ4n) is 9.88. The van der Waals surface area contributed by atoms with Gasteiger partial charge < -0.3 is 15.7 Å². The molecule has 2 bridgehead atoms. The number of aromatic nitrogens is 2. The van der Waals surface area contributed by atoms with Crippen LogP contribution in [-0.4, -0.2) is 110 Å². The number of piperidine rings is 1. The number of imide groups is 2. The Labute approximate surface area is 346 Å². The zero-order valence-electron chi connectivity index (χ0n) is 33.6. The molecule has 0 radical (unpaired) electrons.